The summed E-state index contributed by atoms with van der Waals surface area (Å²) >= 11 is 0. The van der Waals surface area contributed by atoms with Crippen LogP contribution in [0.5, 0.6) is 0 Å². The third kappa shape index (κ3) is 5.26. The van der Waals surface area contributed by atoms with Crippen LogP contribution in [0.4, 0.5) is 4.39 Å². The topological polar surface area (TPSA) is 20.2 Å². The summed E-state index contributed by atoms with van der Waals surface area (Å²) in [5, 5.41) is 10.1. The van der Waals surface area contributed by atoms with Crippen molar-refractivity contribution in [3.63, 3.8) is 0 Å². The highest BCUT2D eigenvalue weighted by molar-refractivity contribution is 5.15. The molecule has 0 aliphatic carbocycles. The second kappa shape index (κ2) is 4.96. The highest BCUT2D eigenvalue weighted by Crippen LogP contribution is 2.27. The van der Waals surface area contributed by atoms with Crippen molar-refractivity contribution in [1.82, 2.24) is 0 Å². The molecule has 0 radical (unpaired) electrons. The lowest BCUT2D eigenvalue weighted by Crippen LogP contribution is -2.33. The summed E-state index contributed by atoms with van der Waals surface area (Å²) < 4.78 is 13.5. The van der Waals surface area contributed by atoms with Crippen molar-refractivity contribution in [2.45, 2.75) is 51.3 Å². The molecule has 0 aliphatic rings. The summed E-state index contributed by atoms with van der Waals surface area (Å²) in [5.74, 6) is 0. The highest BCUT2D eigenvalue weighted by atomic mass is 19.1. The van der Waals surface area contributed by atoms with Crippen LogP contribution in [0.1, 0.15) is 39.2 Å². The van der Waals surface area contributed by atoms with E-state index in [1.165, 1.54) is 19.4 Å². The van der Waals surface area contributed by atoms with Gasteiger partial charge in [-0.2, -0.15) is 0 Å². The zero-order chi connectivity index (χ0) is 12.2. The fraction of sp³-hybridized carbons (Fsp3) is 0.571. The Morgan fingerprint density at radius 3 is 2.19 bits per heavy atom. The predicted molar refractivity (Wildman–Crippen MR) is 65.2 cm³/mol. The number of aryl methyl sites for hydroxylation is 1. The van der Waals surface area contributed by atoms with Crippen molar-refractivity contribution in [2.75, 3.05) is 0 Å². The minimum atomic E-state index is -1.32. The minimum absolute atomic E-state index is 0.173. The van der Waals surface area contributed by atoms with Gasteiger partial charge in [0, 0.05) is 6.42 Å². The molecule has 0 aliphatic heterocycles. The van der Waals surface area contributed by atoms with Gasteiger partial charge in [-0.3, -0.25) is 0 Å². The first-order chi connectivity index (χ1) is 7.29. The lowest BCUT2D eigenvalue weighted by atomic mass is 9.87. The third-order valence-corrected chi connectivity index (χ3v) is 2.60. The fourth-order valence-corrected chi connectivity index (χ4v) is 2.05. The van der Waals surface area contributed by atoms with Gasteiger partial charge in [0.15, 0.2) is 0 Å². The van der Waals surface area contributed by atoms with Crippen LogP contribution in [-0.4, -0.2) is 16.4 Å². The number of alkyl halides is 1. The van der Waals surface area contributed by atoms with Crippen molar-refractivity contribution >= 4 is 0 Å². The van der Waals surface area contributed by atoms with Crippen LogP contribution in [0.25, 0.3) is 0 Å². The van der Waals surface area contributed by atoms with E-state index >= 15 is 0 Å². The lowest BCUT2D eigenvalue weighted by Gasteiger charge is -2.28. The number of hydrogen-bond acceptors (Lipinski definition) is 1. The molecule has 0 aromatic heterocycles. The molecule has 0 fully saturated rings. The van der Waals surface area contributed by atoms with E-state index in [0.29, 0.717) is 6.42 Å². The minimum Gasteiger partial charge on any atom is -0.390 e. The molecule has 1 aromatic rings. The van der Waals surface area contributed by atoms with Gasteiger partial charge < -0.3 is 5.11 Å². The number of hydrogen-bond donors (Lipinski definition) is 1. The van der Waals surface area contributed by atoms with Crippen molar-refractivity contribution < 1.29 is 9.50 Å². The Labute approximate surface area is 97.3 Å². The maximum Gasteiger partial charge on any atom is 0.108 e. The van der Waals surface area contributed by atoms with Crippen LogP contribution in [0.15, 0.2) is 30.3 Å². The molecule has 1 unspecified atom stereocenters. The van der Waals surface area contributed by atoms with E-state index in [1.807, 2.05) is 30.3 Å². The SMILES string of the molecule is CC(C)(F)CC(C)(O)CCc1ccccc1. The molecule has 0 spiro atoms. The predicted octanol–water partition coefficient (Wildman–Crippen LogP) is 3.51. The summed E-state index contributed by atoms with van der Waals surface area (Å²) in [6.45, 7) is 4.71. The first-order valence-corrected chi connectivity index (χ1v) is 5.74. The molecular weight excluding hydrogens is 203 g/mol. The molecular formula is C14H21FO. The molecule has 1 N–H and O–H groups in total. The number of halogens is 1. The third-order valence-electron chi connectivity index (χ3n) is 2.60. The van der Waals surface area contributed by atoms with Gasteiger partial charge in [-0.15, -0.1) is 0 Å². The van der Waals surface area contributed by atoms with Gasteiger partial charge in [-0.1, -0.05) is 30.3 Å². The van der Waals surface area contributed by atoms with E-state index < -0.39 is 11.3 Å². The van der Waals surface area contributed by atoms with Crippen LogP contribution in [0.2, 0.25) is 0 Å². The molecule has 1 rings (SSSR count). The Balaban J connectivity index is 2.48. The molecule has 90 valence electrons. The summed E-state index contributed by atoms with van der Waals surface area (Å²) in [5.41, 5.74) is -1.08. The van der Waals surface area contributed by atoms with Gasteiger partial charge in [0.25, 0.3) is 0 Å². The zero-order valence-corrected chi connectivity index (χ0v) is 10.3. The molecule has 2 heteroatoms. The van der Waals surface area contributed by atoms with Crippen LogP contribution < -0.4 is 0 Å². The second-order valence-electron chi connectivity index (χ2n) is 5.38. The Hall–Kier alpha value is -0.890. The summed E-state index contributed by atoms with van der Waals surface area (Å²) in [6, 6.07) is 9.96. The van der Waals surface area contributed by atoms with E-state index in [9.17, 15) is 9.50 Å². The molecule has 1 aromatic carbocycles. The van der Waals surface area contributed by atoms with Gasteiger partial charge in [0.1, 0.15) is 5.67 Å². The zero-order valence-electron chi connectivity index (χ0n) is 10.3. The molecule has 0 bridgehead atoms. The van der Waals surface area contributed by atoms with Crippen molar-refractivity contribution in [1.29, 1.82) is 0 Å². The highest BCUT2D eigenvalue weighted by Gasteiger charge is 2.29. The Kier molecular flexibility index (Phi) is 4.09. The smallest absolute Gasteiger partial charge is 0.108 e. The van der Waals surface area contributed by atoms with Crippen LogP contribution in [-0.2, 0) is 6.42 Å². The molecule has 0 amide bonds. The summed E-state index contributed by atoms with van der Waals surface area (Å²) in [6.07, 6.45) is 1.54. The summed E-state index contributed by atoms with van der Waals surface area (Å²) in [4.78, 5) is 0. The van der Waals surface area contributed by atoms with Crippen LogP contribution in [0, 0.1) is 0 Å². The van der Waals surface area contributed by atoms with Gasteiger partial charge in [0.2, 0.25) is 0 Å². The monoisotopic (exact) mass is 224 g/mol. The maximum absolute atomic E-state index is 13.5. The fourth-order valence-electron chi connectivity index (χ4n) is 2.05. The van der Waals surface area contributed by atoms with E-state index in [4.69, 9.17) is 0 Å². The molecule has 1 atom stereocenters. The molecule has 0 saturated heterocycles. The molecule has 0 saturated carbocycles. The molecule has 1 nitrogen and oxygen atoms in total. The number of aliphatic hydroxyl groups is 1. The van der Waals surface area contributed by atoms with E-state index in [1.54, 1.807) is 6.92 Å². The Morgan fingerprint density at radius 2 is 1.69 bits per heavy atom. The van der Waals surface area contributed by atoms with Crippen molar-refractivity contribution in [2.24, 2.45) is 0 Å². The summed E-state index contributed by atoms with van der Waals surface area (Å²) in [7, 11) is 0. The first kappa shape index (κ1) is 13.2. The van der Waals surface area contributed by atoms with E-state index in [-0.39, 0.29) is 6.42 Å². The van der Waals surface area contributed by atoms with Gasteiger partial charge >= 0.3 is 0 Å². The second-order valence-corrected chi connectivity index (χ2v) is 5.38. The quantitative estimate of drug-likeness (QED) is 0.811. The normalized spacial score (nSPS) is 15.8. The number of rotatable bonds is 5. The maximum atomic E-state index is 13.5. The van der Waals surface area contributed by atoms with Crippen LogP contribution in [0.3, 0.4) is 0 Å². The Bertz CT molecular complexity index is 311. The van der Waals surface area contributed by atoms with Gasteiger partial charge in [0.05, 0.1) is 5.60 Å². The van der Waals surface area contributed by atoms with Crippen molar-refractivity contribution in [3.8, 4) is 0 Å². The molecule has 0 heterocycles. The Morgan fingerprint density at radius 1 is 1.12 bits per heavy atom. The van der Waals surface area contributed by atoms with E-state index in [0.717, 1.165) is 6.42 Å². The van der Waals surface area contributed by atoms with Gasteiger partial charge in [-0.05, 0) is 39.2 Å². The van der Waals surface area contributed by atoms with Crippen LogP contribution >= 0.6 is 0 Å². The first-order valence-electron chi connectivity index (χ1n) is 5.74. The lowest BCUT2D eigenvalue weighted by molar-refractivity contribution is -0.00422. The average molecular weight is 224 g/mol. The van der Waals surface area contributed by atoms with E-state index in [2.05, 4.69) is 0 Å². The molecule has 16 heavy (non-hydrogen) atoms. The largest absolute Gasteiger partial charge is 0.390 e. The standard InChI is InChI=1S/C14H21FO/c1-13(2,15)11-14(3,16)10-9-12-7-5-4-6-8-12/h4-8,16H,9-11H2,1-3H3. The average Bonchev–Trinajstić information content (AvgIpc) is 2.13. The van der Waals surface area contributed by atoms with Gasteiger partial charge in [-0.25, -0.2) is 4.39 Å². The van der Waals surface area contributed by atoms with Crippen molar-refractivity contribution in [3.05, 3.63) is 35.9 Å². The number of benzene rings is 1.